The van der Waals surface area contributed by atoms with Crippen molar-refractivity contribution >= 4 is 34.2 Å². The number of hydrogen-bond donors (Lipinski definition) is 2. The van der Waals surface area contributed by atoms with E-state index in [4.69, 9.17) is 14.7 Å². The zero-order chi connectivity index (χ0) is 34.3. The summed E-state index contributed by atoms with van der Waals surface area (Å²) in [5.74, 6) is 0.755. The Bertz CT molecular complexity index is 2570. The molecule has 3 aromatic heterocycles. The van der Waals surface area contributed by atoms with Crippen LogP contribution in [0.5, 0.6) is 5.88 Å². The number of fused-ring (bicyclic) bond motifs is 8. The number of nitrogens with zero attached hydrogens (tertiary/aromatic N) is 2. The van der Waals surface area contributed by atoms with E-state index in [0.717, 1.165) is 83.7 Å². The summed E-state index contributed by atoms with van der Waals surface area (Å²) in [7, 11) is 0. The molecule has 4 aromatic carbocycles. The Hall–Kier alpha value is -6.46. The lowest BCUT2D eigenvalue weighted by Crippen LogP contribution is -2.11. The molecule has 5 heterocycles. The number of aromatic nitrogens is 4. The van der Waals surface area contributed by atoms with Crippen molar-refractivity contribution in [2.24, 2.45) is 5.92 Å². The van der Waals surface area contributed by atoms with Crippen molar-refractivity contribution in [2.75, 3.05) is 0 Å². The monoisotopic (exact) mass is 660 g/mol. The van der Waals surface area contributed by atoms with Crippen molar-refractivity contribution in [1.29, 1.82) is 0 Å². The molecule has 8 bridgehead atoms. The van der Waals surface area contributed by atoms with Gasteiger partial charge in [-0.15, -0.1) is 0 Å². The predicted octanol–water partition coefficient (Wildman–Crippen LogP) is 11.9. The van der Waals surface area contributed by atoms with Crippen molar-refractivity contribution in [3.05, 3.63) is 163 Å². The Morgan fingerprint density at radius 1 is 0.451 bits per heavy atom. The molecule has 0 spiro atoms. The average Bonchev–Trinajstić information content (AvgIpc) is 4.00. The molecule has 246 valence electrons. The van der Waals surface area contributed by atoms with Crippen molar-refractivity contribution < 1.29 is 4.74 Å². The van der Waals surface area contributed by atoms with Crippen LogP contribution in [0.4, 0.5) is 0 Å². The molecule has 0 radical (unpaired) electrons. The van der Waals surface area contributed by atoms with Gasteiger partial charge in [-0.2, -0.15) is 0 Å². The molecule has 0 saturated carbocycles. The maximum absolute atomic E-state index is 6.97. The van der Waals surface area contributed by atoms with E-state index >= 15 is 0 Å². The second kappa shape index (κ2) is 12.8. The molecule has 2 aliphatic heterocycles. The quantitative estimate of drug-likeness (QED) is 0.193. The zero-order valence-electron chi connectivity index (χ0n) is 28.5. The lowest BCUT2D eigenvalue weighted by Gasteiger charge is -2.17. The number of benzene rings is 4. The van der Waals surface area contributed by atoms with Crippen molar-refractivity contribution in [2.45, 2.75) is 20.0 Å². The third kappa shape index (κ3) is 5.53. The molecule has 1 unspecified atom stereocenters. The van der Waals surface area contributed by atoms with Crippen molar-refractivity contribution in [3.63, 3.8) is 0 Å². The summed E-state index contributed by atoms with van der Waals surface area (Å²) in [4.78, 5) is 18.5. The first-order valence-corrected chi connectivity index (χ1v) is 17.5. The molecule has 7 aromatic rings. The van der Waals surface area contributed by atoms with Gasteiger partial charge in [-0.3, -0.25) is 0 Å². The first-order valence-electron chi connectivity index (χ1n) is 17.5. The summed E-state index contributed by atoms with van der Waals surface area (Å²) in [5.41, 5.74) is 14.8. The highest BCUT2D eigenvalue weighted by atomic mass is 16.5. The van der Waals surface area contributed by atoms with E-state index in [1.807, 2.05) is 18.2 Å². The van der Waals surface area contributed by atoms with Gasteiger partial charge in [0.25, 0.3) is 0 Å². The van der Waals surface area contributed by atoms with Gasteiger partial charge in [0.05, 0.1) is 28.2 Å². The van der Waals surface area contributed by atoms with Crippen LogP contribution in [-0.2, 0) is 0 Å². The minimum absolute atomic E-state index is 0.156. The molecular weight excluding hydrogens is 625 g/mol. The summed E-state index contributed by atoms with van der Waals surface area (Å²) < 4.78 is 6.97. The molecule has 9 rings (SSSR count). The first kappa shape index (κ1) is 30.6. The molecule has 0 saturated heterocycles. The van der Waals surface area contributed by atoms with E-state index in [9.17, 15) is 0 Å². The van der Waals surface area contributed by atoms with E-state index in [-0.39, 0.29) is 12.0 Å². The number of nitrogens with one attached hydrogen (secondary N) is 2. The number of hydrogen-bond acceptors (Lipinski definition) is 3. The molecular formula is C46H36N4O. The molecule has 5 heteroatoms. The standard InChI is InChI=1S/C46H36N4O/c1-29(2)45-44-42(32-19-11-5-12-20-32)38-27-25-36(48-38)40(30-15-7-3-8-16-30)34-23-24-35(47-34)41(31-17-9-4-10-18-31)37-26-28-39(49-37)43(46(50-44)51-45)33-21-13-6-14-22-33/h3-29,45,48-49H,1-2H3. The summed E-state index contributed by atoms with van der Waals surface area (Å²) in [6.45, 7) is 4.40. The van der Waals surface area contributed by atoms with E-state index in [1.54, 1.807) is 0 Å². The average molecular weight is 661 g/mol. The van der Waals surface area contributed by atoms with Gasteiger partial charge >= 0.3 is 0 Å². The Morgan fingerprint density at radius 2 is 0.824 bits per heavy atom. The van der Waals surface area contributed by atoms with Crippen LogP contribution in [0.3, 0.4) is 0 Å². The molecule has 51 heavy (non-hydrogen) atoms. The lowest BCUT2D eigenvalue weighted by molar-refractivity contribution is 0.170. The number of rotatable bonds is 5. The van der Waals surface area contributed by atoms with Gasteiger partial charge in [0.15, 0.2) is 0 Å². The highest BCUT2D eigenvalue weighted by molar-refractivity contribution is 5.97. The van der Waals surface area contributed by atoms with Crippen molar-refractivity contribution in [3.8, 4) is 50.4 Å². The summed E-state index contributed by atoms with van der Waals surface area (Å²) in [6, 6.07) is 50.5. The van der Waals surface area contributed by atoms with Crippen LogP contribution in [-0.4, -0.2) is 19.9 Å². The van der Waals surface area contributed by atoms with E-state index < -0.39 is 0 Å². The second-order valence-corrected chi connectivity index (χ2v) is 13.3. The van der Waals surface area contributed by atoms with Gasteiger partial charge in [0.1, 0.15) is 6.10 Å². The van der Waals surface area contributed by atoms with Gasteiger partial charge in [-0.05, 0) is 64.6 Å². The predicted molar refractivity (Wildman–Crippen MR) is 210 cm³/mol. The normalized spacial score (nSPS) is 13.7. The summed E-state index contributed by atoms with van der Waals surface area (Å²) in [6.07, 6.45) is 4.00. The summed E-state index contributed by atoms with van der Waals surface area (Å²) in [5, 5.41) is 0. The molecule has 0 aliphatic carbocycles. The maximum atomic E-state index is 6.97. The largest absolute Gasteiger partial charge is 0.467 e. The Balaban J connectivity index is 1.50. The van der Waals surface area contributed by atoms with Crippen LogP contribution in [0.1, 0.15) is 37.0 Å². The molecule has 2 N–H and O–H groups in total. The number of aromatic amines is 2. The third-order valence-electron chi connectivity index (χ3n) is 9.66. The van der Waals surface area contributed by atoms with Crippen LogP contribution in [0.15, 0.2) is 146 Å². The van der Waals surface area contributed by atoms with Gasteiger partial charge in [0, 0.05) is 33.2 Å². The fraction of sp³-hybridized carbons (Fsp3) is 0.0870. The highest BCUT2D eigenvalue weighted by Crippen LogP contribution is 2.44. The van der Waals surface area contributed by atoms with Crippen molar-refractivity contribution in [1.82, 2.24) is 19.9 Å². The topological polar surface area (TPSA) is 66.6 Å². The van der Waals surface area contributed by atoms with E-state index in [2.05, 4.69) is 163 Å². The molecule has 1 atom stereocenters. The van der Waals surface area contributed by atoms with Crippen LogP contribution >= 0.6 is 0 Å². The summed E-state index contributed by atoms with van der Waals surface area (Å²) >= 11 is 0. The zero-order valence-corrected chi connectivity index (χ0v) is 28.5. The van der Waals surface area contributed by atoms with E-state index in [0.29, 0.717) is 5.88 Å². The van der Waals surface area contributed by atoms with Gasteiger partial charge in [-0.1, -0.05) is 135 Å². The molecule has 0 amide bonds. The lowest BCUT2D eigenvalue weighted by atomic mass is 9.96. The molecule has 2 aliphatic rings. The SMILES string of the molecule is CC(C)C1Oc2nc1c(-c1ccccc1)c1ccc([nH]1)c(-c1ccccc1)c1nc(c(-c3ccccc3)c3ccc([nH]3)c2-c2ccccc2)C=C1. The smallest absolute Gasteiger partial charge is 0.224 e. The Morgan fingerprint density at radius 3 is 1.25 bits per heavy atom. The highest BCUT2D eigenvalue weighted by Gasteiger charge is 2.31. The molecule has 5 nitrogen and oxygen atoms in total. The minimum atomic E-state index is -0.270. The third-order valence-corrected chi connectivity index (χ3v) is 9.66. The van der Waals surface area contributed by atoms with E-state index in [1.165, 1.54) is 0 Å². The second-order valence-electron chi connectivity index (χ2n) is 13.3. The Kier molecular flexibility index (Phi) is 7.66. The number of H-pyrrole nitrogens is 2. The van der Waals surface area contributed by atoms with Gasteiger partial charge < -0.3 is 14.7 Å². The van der Waals surface area contributed by atoms with Gasteiger partial charge in [-0.25, -0.2) is 9.97 Å². The fourth-order valence-electron chi connectivity index (χ4n) is 7.29. The number of ether oxygens (including phenoxy) is 1. The van der Waals surface area contributed by atoms with Crippen LogP contribution in [0, 0.1) is 5.92 Å². The Labute approximate surface area is 297 Å². The van der Waals surface area contributed by atoms with Crippen LogP contribution < -0.4 is 4.74 Å². The van der Waals surface area contributed by atoms with Gasteiger partial charge in [0.2, 0.25) is 5.88 Å². The molecule has 0 fully saturated rings. The maximum Gasteiger partial charge on any atom is 0.224 e. The first-order chi connectivity index (χ1) is 25.1. The van der Waals surface area contributed by atoms with Crippen LogP contribution in [0.2, 0.25) is 0 Å². The fourth-order valence-corrected chi connectivity index (χ4v) is 7.29. The van der Waals surface area contributed by atoms with Crippen LogP contribution in [0.25, 0.3) is 78.7 Å². The minimum Gasteiger partial charge on any atom is -0.467 e.